The van der Waals surface area contributed by atoms with Gasteiger partial charge in [-0.2, -0.15) is 4.89 Å². The van der Waals surface area contributed by atoms with Gasteiger partial charge in [0.2, 0.25) is 0 Å². The van der Waals surface area contributed by atoms with Gasteiger partial charge in [0, 0.05) is 6.08 Å². The highest BCUT2D eigenvalue weighted by Crippen LogP contribution is 2.14. The molecular formula is C13H24O4. The van der Waals surface area contributed by atoms with E-state index in [-0.39, 0.29) is 0 Å². The van der Waals surface area contributed by atoms with Gasteiger partial charge >= 0.3 is 0 Å². The SMILES string of the molecule is CCCCC(CC)COOOC(C)(C)C=C=O. The third-order valence-corrected chi connectivity index (χ3v) is 2.55. The maximum Gasteiger partial charge on any atom is 0.130 e. The molecule has 0 saturated heterocycles. The van der Waals surface area contributed by atoms with Gasteiger partial charge in [0.25, 0.3) is 0 Å². The van der Waals surface area contributed by atoms with Crippen molar-refractivity contribution in [1.29, 1.82) is 0 Å². The normalized spacial score (nSPS) is 13.2. The van der Waals surface area contributed by atoms with Crippen molar-refractivity contribution < 1.29 is 19.6 Å². The van der Waals surface area contributed by atoms with Gasteiger partial charge in [-0.3, -0.25) is 0 Å². The van der Waals surface area contributed by atoms with Crippen molar-refractivity contribution in [2.45, 2.75) is 59.0 Å². The van der Waals surface area contributed by atoms with E-state index in [0.29, 0.717) is 12.5 Å². The molecule has 0 saturated carbocycles. The fourth-order valence-corrected chi connectivity index (χ4v) is 1.30. The Morgan fingerprint density at radius 1 is 1.35 bits per heavy atom. The van der Waals surface area contributed by atoms with E-state index < -0.39 is 5.60 Å². The highest BCUT2D eigenvalue weighted by molar-refractivity contribution is 5.47. The fourth-order valence-electron chi connectivity index (χ4n) is 1.30. The van der Waals surface area contributed by atoms with Gasteiger partial charge in [-0.1, -0.05) is 38.1 Å². The van der Waals surface area contributed by atoms with Crippen LogP contribution in [0.1, 0.15) is 53.4 Å². The predicted octanol–water partition coefficient (Wildman–Crippen LogP) is 3.25. The second-order valence-corrected chi connectivity index (χ2v) is 4.72. The van der Waals surface area contributed by atoms with Crippen LogP contribution in [0.5, 0.6) is 0 Å². The van der Waals surface area contributed by atoms with E-state index in [1.165, 1.54) is 18.9 Å². The van der Waals surface area contributed by atoms with Crippen molar-refractivity contribution in [3.8, 4) is 0 Å². The van der Waals surface area contributed by atoms with Crippen LogP contribution in [0.4, 0.5) is 0 Å². The molecule has 0 N–H and O–H groups in total. The molecule has 4 nitrogen and oxygen atoms in total. The molecule has 4 heteroatoms. The fraction of sp³-hybridized carbons (Fsp3) is 0.846. The summed E-state index contributed by atoms with van der Waals surface area (Å²) in [6, 6.07) is 0. The molecule has 1 unspecified atom stereocenters. The molecule has 0 aromatic carbocycles. The second kappa shape index (κ2) is 9.37. The second-order valence-electron chi connectivity index (χ2n) is 4.72. The summed E-state index contributed by atoms with van der Waals surface area (Å²) in [5, 5.41) is 4.65. The van der Waals surface area contributed by atoms with Crippen molar-refractivity contribution in [2.75, 3.05) is 6.61 Å². The maximum atomic E-state index is 10.2. The van der Waals surface area contributed by atoms with Crippen LogP contribution in [0.2, 0.25) is 0 Å². The summed E-state index contributed by atoms with van der Waals surface area (Å²) < 4.78 is 0. The van der Waals surface area contributed by atoms with Gasteiger partial charge in [0.1, 0.15) is 11.5 Å². The summed E-state index contributed by atoms with van der Waals surface area (Å²) in [6.45, 7) is 8.19. The summed E-state index contributed by atoms with van der Waals surface area (Å²) in [5.74, 6) is 2.15. The zero-order chi connectivity index (χ0) is 13.1. The summed E-state index contributed by atoms with van der Waals surface area (Å²) in [7, 11) is 0. The van der Waals surface area contributed by atoms with Gasteiger partial charge in [-0.05, 0) is 26.2 Å². The topological polar surface area (TPSA) is 44.8 Å². The van der Waals surface area contributed by atoms with Crippen molar-refractivity contribution in [3.63, 3.8) is 0 Å². The van der Waals surface area contributed by atoms with Crippen LogP contribution in [0.3, 0.4) is 0 Å². The van der Waals surface area contributed by atoms with E-state index in [2.05, 4.69) is 18.9 Å². The molecule has 0 aromatic rings. The van der Waals surface area contributed by atoms with Crippen molar-refractivity contribution in [2.24, 2.45) is 5.92 Å². The Kier molecular flexibility index (Phi) is 9.00. The average molecular weight is 244 g/mol. The van der Waals surface area contributed by atoms with Crippen LogP contribution in [0.25, 0.3) is 0 Å². The molecule has 0 rings (SSSR count). The molecule has 1 atom stereocenters. The van der Waals surface area contributed by atoms with Crippen LogP contribution in [0.15, 0.2) is 6.08 Å². The molecule has 0 heterocycles. The first-order valence-electron chi connectivity index (χ1n) is 6.25. The zero-order valence-corrected chi connectivity index (χ0v) is 11.3. The molecule has 0 bridgehead atoms. The van der Waals surface area contributed by atoms with E-state index in [4.69, 9.17) is 9.78 Å². The third kappa shape index (κ3) is 9.07. The molecule has 0 spiro atoms. The van der Waals surface area contributed by atoms with E-state index in [1.807, 2.05) is 0 Å². The number of hydrogen-bond acceptors (Lipinski definition) is 4. The first-order valence-corrected chi connectivity index (χ1v) is 6.25. The van der Waals surface area contributed by atoms with Gasteiger partial charge in [-0.25, -0.2) is 9.68 Å². The van der Waals surface area contributed by atoms with E-state index in [1.54, 1.807) is 19.8 Å². The summed E-state index contributed by atoms with van der Waals surface area (Å²) >= 11 is 0. The molecule has 17 heavy (non-hydrogen) atoms. The summed E-state index contributed by atoms with van der Waals surface area (Å²) in [6.07, 6.45) is 5.81. The molecule has 0 amide bonds. The van der Waals surface area contributed by atoms with Crippen LogP contribution in [-0.2, 0) is 19.6 Å². The Labute approximate surface area is 104 Å². The van der Waals surface area contributed by atoms with Crippen LogP contribution >= 0.6 is 0 Å². The lowest BCUT2D eigenvalue weighted by Gasteiger charge is -2.18. The number of unbranched alkanes of at least 4 members (excludes halogenated alkanes) is 1. The third-order valence-electron chi connectivity index (χ3n) is 2.55. The van der Waals surface area contributed by atoms with Crippen molar-refractivity contribution >= 4 is 5.94 Å². The Morgan fingerprint density at radius 2 is 2.06 bits per heavy atom. The standard InChI is InChI=1S/C13H24O4/c1-5-7-8-12(6-2)11-15-17-16-13(3,4)9-10-14/h9,12H,5-8,11H2,1-4H3. The average Bonchev–Trinajstić information content (AvgIpc) is 2.28. The Bertz CT molecular complexity index is 232. The maximum absolute atomic E-state index is 10.2. The molecule has 0 aliphatic rings. The van der Waals surface area contributed by atoms with E-state index in [9.17, 15) is 4.79 Å². The monoisotopic (exact) mass is 244 g/mol. The summed E-state index contributed by atoms with van der Waals surface area (Å²) in [5.41, 5.74) is -0.813. The summed E-state index contributed by atoms with van der Waals surface area (Å²) in [4.78, 5) is 20.1. The molecule has 100 valence electrons. The first-order chi connectivity index (χ1) is 8.05. The zero-order valence-electron chi connectivity index (χ0n) is 11.3. The van der Waals surface area contributed by atoms with Gasteiger partial charge < -0.3 is 0 Å². The van der Waals surface area contributed by atoms with Crippen LogP contribution < -0.4 is 0 Å². The van der Waals surface area contributed by atoms with Crippen molar-refractivity contribution in [3.05, 3.63) is 6.08 Å². The van der Waals surface area contributed by atoms with E-state index >= 15 is 0 Å². The molecule has 0 fully saturated rings. The van der Waals surface area contributed by atoms with Gasteiger partial charge in [0.05, 0.1) is 6.61 Å². The molecule has 0 aliphatic heterocycles. The Balaban J connectivity index is 3.71. The molecule has 0 radical (unpaired) electrons. The quantitative estimate of drug-likeness (QED) is 0.256. The number of hydrogen-bond donors (Lipinski definition) is 0. The smallest absolute Gasteiger partial charge is 0.130 e. The van der Waals surface area contributed by atoms with Gasteiger partial charge in [0.15, 0.2) is 0 Å². The Morgan fingerprint density at radius 3 is 2.59 bits per heavy atom. The Hall–Kier alpha value is -0.670. The van der Waals surface area contributed by atoms with E-state index in [0.717, 1.165) is 12.8 Å². The largest absolute Gasteiger partial charge is 0.234 e. The minimum atomic E-state index is -0.813. The molecule has 0 aromatic heterocycles. The highest BCUT2D eigenvalue weighted by Gasteiger charge is 2.17. The first kappa shape index (κ1) is 16.3. The lowest BCUT2D eigenvalue weighted by molar-refractivity contribution is -0.536. The number of carbonyl (C=O) groups excluding carboxylic acids is 1. The lowest BCUT2D eigenvalue weighted by Crippen LogP contribution is -2.22. The highest BCUT2D eigenvalue weighted by atomic mass is 17.5. The van der Waals surface area contributed by atoms with Crippen LogP contribution in [-0.4, -0.2) is 18.1 Å². The van der Waals surface area contributed by atoms with Gasteiger partial charge in [-0.15, -0.1) is 0 Å². The minimum absolute atomic E-state index is 0.489. The minimum Gasteiger partial charge on any atom is -0.234 e. The molecule has 0 aliphatic carbocycles. The number of rotatable bonds is 10. The van der Waals surface area contributed by atoms with Crippen molar-refractivity contribution in [1.82, 2.24) is 0 Å². The molecular weight excluding hydrogens is 220 g/mol. The predicted molar refractivity (Wildman–Crippen MR) is 65.8 cm³/mol. The van der Waals surface area contributed by atoms with Crippen LogP contribution in [0, 0.1) is 5.92 Å². The lowest BCUT2D eigenvalue weighted by atomic mass is 10.0.